The smallest absolute Gasteiger partial charge is 0.313 e. The maximum Gasteiger partial charge on any atom is 0.313 e. The molecule has 0 heterocycles. The van der Waals surface area contributed by atoms with Crippen LogP contribution in [0.3, 0.4) is 0 Å². The second-order valence-corrected chi connectivity index (χ2v) is 6.44. The van der Waals surface area contributed by atoms with Gasteiger partial charge in [0.2, 0.25) is 0 Å². The summed E-state index contributed by atoms with van der Waals surface area (Å²) in [5.41, 5.74) is 4.55. The third-order valence-electron chi connectivity index (χ3n) is 4.12. The second-order valence-electron chi connectivity index (χ2n) is 6.44. The van der Waals surface area contributed by atoms with Crippen LogP contribution >= 0.6 is 0 Å². The molecule has 26 heavy (non-hydrogen) atoms. The van der Waals surface area contributed by atoms with E-state index in [4.69, 9.17) is 4.74 Å². The van der Waals surface area contributed by atoms with Gasteiger partial charge in [0.1, 0.15) is 5.75 Å². The molecule has 0 fully saturated rings. The number of hydrogen-bond donors (Lipinski definition) is 2. The van der Waals surface area contributed by atoms with Crippen LogP contribution < -0.4 is 15.4 Å². The average molecular weight is 354 g/mol. The minimum absolute atomic E-state index is 0.353. The predicted molar refractivity (Wildman–Crippen MR) is 103 cm³/mol. The van der Waals surface area contributed by atoms with Crippen molar-refractivity contribution in [1.29, 1.82) is 0 Å². The number of hydrogen-bond acceptors (Lipinski definition) is 3. The van der Waals surface area contributed by atoms with Gasteiger partial charge in [-0.15, -0.1) is 0 Å². The molecule has 0 spiro atoms. The molecular formula is C21H26N2O3. The van der Waals surface area contributed by atoms with Crippen molar-refractivity contribution in [2.75, 3.05) is 11.9 Å². The number of benzene rings is 2. The van der Waals surface area contributed by atoms with E-state index in [2.05, 4.69) is 10.6 Å². The highest BCUT2D eigenvalue weighted by Crippen LogP contribution is 2.26. The largest absolute Gasteiger partial charge is 0.494 e. The first-order valence-electron chi connectivity index (χ1n) is 8.74. The van der Waals surface area contributed by atoms with Gasteiger partial charge in [-0.1, -0.05) is 35.4 Å². The number of carbonyl (C=O) groups excluding carboxylic acids is 2. The third-order valence-corrected chi connectivity index (χ3v) is 4.12. The maximum absolute atomic E-state index is 12.3. The first kappa shape index (κ1) is 19.5. The molecule has 0 aliphatic carbocycles. The zero-order valence-corrected chi connectivity index (χ0v) is 16.0. The Hall–Kier alpha value is -2.82. The Labute approximate surface area is 154 Å². The molecule has 2 amide bonds. The number of aryl methyl sites for hydroxylation is 3. The fourth-order valence-electron chi connectivity index (χ4n) is 2.77. The summed E-state index contributed by atoms with van der Waals surface area (Å²) in [6, 6.07) is 11.1. The van der Waals surface area contributed by atoms with Crippen molar-refractivity contribution in [3.63, 3.8) is 0 Å². The van der Waals surface area contributed by atoms with Crippen LogP contribution in [-0.4, -0.2) is 18.4 Å². The number of amides is 2. The van der Waals surface area contributed by atoms with E-state index in [1.807, 2.05) is 65.0 Å². The molecular weight excluding hydrogens is 328 g/mol. The van der Waals surface area contributed by atoms with Crippen molar-refractivity contribution in [3.8, 4) is 5.75 Å². The standard InChI is InChI=1S/C21H26N2O3/c1-6-26-19-10-8-14(3)12-17(19)16(5)22-20(24)21(25)23-18-9-7-13(2)11-15(18)4/h7-12,16H,6H2,1-5H3,(H,22,24)(H,23,25). The lowest BCUT2D eigenvalue weighted by Crippen LogP contribution is -2.37. The lowest BCUT2D eigenvalue weighted by molar-refractivity contribution is -0.136. The van der Waals surface area contributed by atoms with Crippen LogP contribution in [-0.2, 0) is 9.59 Å². The lowest BCUT2D eigenvalue weighted by Gasteiger charge is -2.18. The van der Waals surface area contributed by atoms with Gasteiger partial charge in [-0.05, 0) is 52.3 Å². The molecule has 0 saturated heterocycles. The van der Waals surface area contributed by atoms with Gasteiger partial charge in [0, 0.05) is 11.3 Å². The highest BCUT2D eigenvalue weighted by atomic mass is 16.5. The van der Waals surface area contributed by atoms with E-state index < -0.39 is 11.8 Å². The van der Waals surface area contributed by atoms with Crippen LogP contribution in [0, 0.1) is 20.8 Å². The van der Waals surface area contributed by atoms with E-state index in [-0.39, 0.29) is 6.04 Å². The molecule has 5 heteroatoms. The number of nitrogens with one attached hydrogen (secondary N) is 2. The summed E-state index contributed by atoms with van der Waals surface area (Å²) in [7, 11) is 0. The Morgan fingerprint density at radius 1 is 1.00 bits per heavy atom. The molecule has 1 atom stereocenters. The summed E-state index contributed by atoms with van der Waals surface area (Å²) in [5, 5.41) is 5.41. The number of anilines is 1. The third kappa shape index (κ3) is 4.85. The molecule has 0 bridgehead atoms. The molecule has 1 unspecified atom stereocenters. The Bertz CT molecular complexity index is 815. The van der Waals surface area contributed by atoms with Gasteiger partial charge in [0.25, 0.3) is 0 Å². The van der Waals surface area contributed by atoms with Gasteiger partial charge in [-0.2, -0.15) is 0 Å². The first-order chi connectivity index (χ1) is 12.3. The quantitative estimate of drug-likeness (QED) is 0.802. The van der Waals surface area contributed by atoms with Gasteiger partial charge in [-0.3, -0.25) is 9.59 Å². The second kappa shape index (κ2) is 8.52. The van der Waals surface area contributed by atoms with Crippen molar-refractivity contribution >= 4 is 17.5 Å². The molecule has 2 aromatic rings. The molecule has 0 aliphatic heterocycles. The summed E-state index contributed by atoms with van der Waals surface area (Å²) >= 11 is 0. The molecule has 138 valence electrons. The highest BCUT2D eigenvalue weighted by molar-refractivity contribution is 6.39. The zero-order valence-electron chi connectivity index (χ0n) is 16.0. The summed E-state index contributed by atoms with van der Waals surface area (Å²) < 4.78 is 5.63. The van der Waals surface area contributed by atoms with Crippen LogP contribution in [0.2, 0.25) is 0 Å². The summed E-state index contributed by atoms with van der Waals surface area (Å²) in [4.78, 5) is 24.5. The van der Waals surface area contributed by atoms with Crippen LogP contribution in [0.15, 0.2) is 36.4 Å². The monoisotopic (exact) mass is 354 g/mol. The van der Waals surface area contributed by atoms with E-state index >= 15 is 0 Å². The summed E-state index contributed by atoms with van der Waals surface area (Å²) in [6.07, 6.45) is 0. The van der Waals surface area contributed by atoms with Gasteiger partial charge in [0.05, 0.1) is 12.6 Å². The van der Waals surface area contributed by atoms with Crippen LogP contribution in [0.1, 0.15) is 42.1 Å². The fraction of sp³-hybridized carbons (Fsp3) is 0.333. The van der Waals surface area contributed by atoms with E-state index in [1.165, 1.54) is 0 Å². The van der Waals surface area contributed by atoms with Crippen molar-refractivity contribution in [2.24, 2.45) is 0 Å². The Kier molecular flexibility index (Phi) is 6.39. The number of rotatable bonds is 5. The first-order valence-corrected chi connectivity index (χ1v) is 8.74. The van der Waals surface area contributed by atoms with Crippen LogP contribution in [0.25, 0.3) is 0 Å². The normalized spacial score (nSPS) is 11.6. The van der Waals surface area contributed by atoms with E-state index in [0.29, 0.717) is 18.0 Å². The summed E-state index contributed by atoms with van der Waals surface area (Å²) in [6.45, 7) is 10.1. The minimum Gasteiger partial charge on any atom is -0.494 e. The predicted octanol–water partition coefficient (Wildman–Crippen LogP) is 3.83. The van der Waals surface area contributed by atoms with Crippen molar-refractivity contribution < 1.29 is 14.3 Å². The van der Waals surface area contributed by atoms with Crippen molar-refractivity contribution in [2.45, 2.75) is 40.7 Å². The Balaban J connectivity index is 2.09. The number of ether oxygens (including phenoxy) is 1. The lowest BCUT2D eigenvalue weighted by atomic mass is 10.0. The van der Waals surface area contributed by atoms with Gasteiger partial charge >= 0.3 is 11.8 Å². The molecule has 0 saturated carbocycles. The SMILES string of the molecule is CCOc1ccc(C)cc1C(C)NC(=O)C(=O)Nc1ccc(C)cc1C. The molecule has 2 aromatic carbocycles. The molecule has 2 rings (SSSR count). The zero-order chi connectivity index (χ0) is 19.3. The molecule has 0 radical (unpaired) electrons. The van der Waals surface area contributed by atoms with Gasteiger partial charge in [-0.25, -0.2) is 0 Å². The van der Waals surface area contributed by atoms with E-state index in [0.717, 1.165) is 22.3 Å². The van der Waals surface area contributed by atoms with Gasteiger partial charge in [0.15, 0.2) is 0 Å². The average Bonchev–Trinajstić information content (AvgIpc) is 2.58. The van der Waals surface area contributed by atoms with E-state index in [9.17, 15) is 9.59 Å². The summed E-state index contributed by atoms with van der Waals surface area (Å²) in [5.74, 6) is -0.656. The number of carbonyl (C=O) groups is 2. The topological polar surface area (TPSA) is 67.4 Å². The molecule has 2 N–H and O–H groups in total. The van der Waals surface area contributed by atoms with Crippen LogP contribution in [0.4, 0.5) is 5.69 Å². The molecule has 0 aromatic heterocycles. The fourth-order valence-corrected chi connectivity index (χ4v) is 2.77. The minimum atomic E-state index is -0.686. The van der Waals surface area contributed by atoms with Crippen molar-refractivity contribution in [1.82, 2.24) is 5.32 Å². The van der Waals surface area contributed by atoms with Crippen molar-refractivity contribution in [3.05, 3.63) is 58.7 Å². The van der Waals surface area contributed by atoms with E-state index in [1.54, 1.807) is 6.07 Å². The van der Waals surface area contributed by atoms with Crippen LogP contribution in [0.5, 0.6) is 5.75 Å². The van der Waals surface area contributed by atoms with Gasteiger partial charge < -0.3 is 15.4 Å². The highest BCUT2D eigenvalue weighted by Gasteiger charge is 2.20. The molecule has 0 aliphatic rings. The Morgan fingerprint density at radius 2 is 1.65 bits per heavy atom. The Morgan fingerprint density at radius 3 is 2.31 bits per heavy atom. The maximum atomic E-state index is 12.3. The molecule has 5 nitrogen and oxygen atoms in total.